The molecule has 0 aliphatic carbocycles. The van der Waals surface area contributed by atoms with Gasteiger partial charge in [0.25, 0.3) is 5.91 Å². The Kier molecular flexibility index (Phi) is 7.28. The van der Waals surface area contributed by atoms with Crippen molar-refractivity contribution < 1.29 is 14.0 Å². The summed E-state index contributed by atoms with van der Waals surface area (Å²) in [6.45, 7) is 7.29. The fourth-order valence-electron chi connectivity index (χ4n) is 5.87. The van der Waals surface area contributed by atoms with E-state index < -0.39 is 0 Å². The number of para-hydroxylation sites is 1. The minimum atomic E-state index is -0.210. The van der Waals surface area contributed by atoms with Gasteiger partial charge >= 0.3 is 0 Å². The molecule has 0 N–H and O–H groups in total. The molecule has 3 fully saturated rings. The van der Waals surface area contributed by atoms with E-state index >= 15 is 0 Å². The van der Waals surface area contributed by atoms with Gasteiger partial charge in [-0.3, -0.25) is 14.5 Å². The van der Waals surface area contributed by atoms with Gasteiger partial charge in [-0.2, -0.15) is 0 Å². The Morgan fingerprint density at radius 2 is 1.33 bits per heavy atom. The fourth-order valence-corrected chi connectivity index (χ4v) is 5.87. The minimum absolute atomic E-state index is 0.125. The number of fused-ring (bicyclic) bond motifs is 1. The number of benzene rings is 2. The van der Waals surface area contributed by atoms with Crippen molar-refractivity contribution in [1.82, 2.24) is 24.9 Å². The molecule has 0 saturated carbocycles. The quantitative estimate of drug-likeness (QED) is 0.501. The molecule has 3 aromatic rings. The summed E-state index contributed by atoms with van der Waals surface area (Å²) < 4.78 is 14.3. The zero-order chi connectivity index (χ0) is 26.8. The zero-order valence-corrected chi connectivity index (χ0v) is 22.1. The van der Waals surface area contributed by atoms with Gasteiger partial charge in [-0.05, 0) is 25.0 Å². The lowest BCUT2D eigenvalue weighted by Crippen LogP contribution is -2.51. The zero-order valence-electron chi connectivity index (χ0n) is 22.1. The highest BCUT2D eigenvalue weighted by molar-refractivity contribution is 6.07. The summed E-state index contributed by atoms with van der Waals surface area (Å²) in [6, 6.07) is 14.7. The van der Waals surface area contributed by atoms with Crippen LogP contribution >= 0.6 is 0 Å². The van der Waals surface area contributed by atoms with E-state index in [1.54, 1.807) is 6.07 Å². The molecule has 0 bridgehead atoms. The highest BCUT2D eigenvalue weighted by Gasteiger charge is 2.29. The summed E-state index contributed by atoms with van der Waals surface area (Å²) in [7, 11) is 0. The molecule has 39 heavy (non-hydrogen) atoms. The maximum absolute atomic E-state index is 14.3. The number of anilines is 2. The molecule has 3 aliphatic heterocycles. The van der Waals surface area contributed by atoms with E-state index in [9.17, 15) is 14.0 Å². The van der Waals surface area contributed by atoms with E-state index in [2.05, 4.69) is 24.9 Å². The number of hydrogen-bond donors (Lipinski definition) is 0. The number of halogens is 1. The lowest BCUT2D eigenvalue weighted by Gasteiger charge is -2.37. The highest BCUT2D eigenvalue weighted by atomic mass is 19.1. The predicted molar refractivity (Wildman–Crippen MR) is 149 cm³/mol. The highest BCUT2D eigenvalue weighted by Crippen LogP contribution is 2.29. The van der Waals surface area contributed by atoms with E-state index in [0.717, 1.165) is 42.5 Å². The molecule has 6 rings (SSSR count). The number of rotatable bonds is 5. The number of carbonyl (C=O) groups is 2. The van der Waals surface area contributed by atoms with Crippen molar-refractivity contribution in [3.8, 4) is 0 Å². The normalized spacial score (nSPS) is 18.7. The molecule has 9 nitrogen and oxygen atoms in total. The van der Waals surface area contributed by atoms with E-state index in [-0.39, 0.29) is 17.6 Å². The van der Waals surface area contributed by atoms with Crippen LogP contribution in [0.25, 0.3) is 10.8 Å². The van der Waals surface area contributed by atoms with Crippen molar-refractivity contribution in [1.29, 1.82) is 0 Å². The Morgan fingerprint density at radius 1 is 0.692 bits per heavy atom. The van der Waals surface area contributed by atoms with Crippen molar-refractivity contribution in [2.45, 2.75) is 12.8 Å². The largest absolute Gasteiger partial charge is 0.366 e. The SMILES string of the molecule is O=C(CN1CCN(C(=O)c2nnc(N3CCN(c4ccccc4F)CC3)c3ccccc23)CC1)N1CCCC1. The second-order valence-corrected chi connectivity index (χ2v) is 10.5. The van der Waals surface area contributed by atoms with Crippen molar-refractivity contribution in [2.24, 2.45) is 0 Å². The molecule has 0 atom stereocenters. The summed E-state index contributed by atoms with van der Waals surface area (Å²) in [5.74, 6) is 0.605. The predicted octanol–water partition coefficient (Wildman–Crippen LogP) is 2.48. The van der Waals surface area contributed by atoms with Gasteiger partial charge in [-0.15, -0.1) is 10.2 Å². The van der Waals surface area contributed by atoms with Gasteiger partial charge in [0.15, 0.2) is 11.5 Å². The van der Waals surface area contributed by atoms with Crippen LogP contribution in [0.2, 0.25) is 0 Å². The first-order valence-corrected chi connectivity index (χ1v) is 13.9. The van der Waals surface area contributed by atoms with Gasteiger partial charge in [0.1, 0.15) is 5.82 Å². The molecular formula is C29H34FN7O2. The Bertz CT molecular complexity index is 1350. The Morgan fingerprint density at radius 3 is 2.05 bits per heavy atom. The third kappa shape index (κ3) is 5.25. The third-order valence-electron chi connectivity index (χ3n) is 8.12. The van der Waals surface area contributed by atoms with Crippen LogP contribution in [-0.4, -0.2) is 109 Å². The lowest BCUT2D eigenvalue weighted by atomic mass is 10.1. The smallest absolute Gasteiger partial charge is 0.275 e. The van der Waals surface area contributed by atoms with Gasteiger partial charge in [0.2, 0.25) is 5.91 Å². The molecule has 10 heteroatoms. The summed E-state index contributed by atoms with van der Waals surface area (Å²) in [5.41, 5.74) is 0.982. The molecule has 3 aliphatic rings. The van der Waals surface area contributed by atoms with Gasteiger partial charge in [-0.25, -0.2) is 4.39 Å². The maximum Gasteiger partial charge on any atom is 0.275 e. The number of carbonyl (C=O) groups excluding carboxylic acids is 2. The lowest BCUT2D eigenvalue weighted by molar-refractivity contribution is -0.131. The molecule has 2 aromatic carbocycles. The molecule has 3 saturated heterocycles. The van der Waals surface area contributed by atoms with Crippen molar-refractivity contribution in [2.75, 3.05) is 81.8 Å². The van der Waals surface area contributed by atoms with Crippen LogP contribution in [0.5, 0.6) is 0 Å². The molecule has 0 spiro atoms. The Balaban J connectivity index is 1.13. The summed E-state index contributed by atoms with van der Waals surface area (Å²) in [4.78, 5) is 36.2. The standard InChI is InChI=1S/C29H34FN7O2/c30-24-9-3-4-10-25(24)34-17-19-36(20-18-34)28-23-8-2-1-7-22(23)27(31-32-28)29(39)37-15-13-33(14-16-37)21-26(38)35-11-5-6-12-35/h1-4,7-10H,5-6,11-21H2. The van der Waals surface area contributed by atoms with Gasteiger partial charge < -0.3 is 19.6 Å². The van der Waals surface area contributed by atoms with Crippen molar-refractivity contribution >= 4 is 34.1 Å². The van der Waals surface area contributed by atoms with Gasteiger partial charge in [0.05, 0.1) is 12.2 Å². The molecule has 0 radical (unpaired) electrons. The molecular weight excluding hydrogens is 497 g/mol. The number of piperazine rings is 2. The van der Waals surface area contributed by atoms with Crippen LogP contribution < -0.4 is 9.80 Å². The fraction of sp³-hybridized carbons (Fsp3) is 0.448. The number of aromatic nitrogens is 2. The first-order chi connectivity index (χ1) is 19.1. The van der Waals surface area contributed by atoms with Gasteiger partial charge in [-0.1, -0.05) is 36.4 Å². The van der Waals surface area contributed by atoms with Crippen LogP contribution in [-0.2, 0) is 4.79 Å². The van der Waals surface area contributed by atoms with E-state index in [0.29, 0.717) is 70.3 Å². The number of hydrogen-bond acceptors (Lipinski definition) is 7. The van der Waals surface area contributed by atoms with E-state index in [4.69, 9.17) is 0 Å². The maximum atomic E-state index is 14.3. The van der Waals surface area contributed by atoms with E-state index in [1.165, 1.54) is 6.07 Å². The summed E-state index contributed by atoms with van der Waals surface area (Å²) in [5, 5.41) is 10.7. The monoisotopic (exact) mass is 531 g/mol. The third-order valence-corrected chi connectivity index (χ3v) is 8.12. The average Bonchev–Trinajstić information content (AvgIpc) is 3.53. The summed E-state index contributed by atoms with van der Waals surface area (Å²) in [6.07, 6.45) is 2.18. The molecule has 2 amide bonds. The summed E-state index contributed by atoms with van der Waals surface area (Å²) >= 11 is 0. The topological polar surface area (TPSA) is 76.1 Å². The van der Waals surface area contributed by atoms with Gasteiger partial charge in [0, 0.05) is 76.2 Å². The van der Waals surface area contributed by atoms with E-state index in [1.807, 2.05) is 46.2 Å². The molecule has 1 aromatic heterocycles. The second kappa shape index (κ2) is 11.1. The first kappa shape index (κ1) is 25.5. The number of amides is 2. The van der Waals surface area contributed by atoms with Crippen LogP contribution in [0.3, 0.4) is 0 Å². The van der Waals surface area contributed by atoms with Crippen LogP contribution in [0.4, 0.5) is 15.9 Å². The first-order valence-electron chi connectivity index (χ1n) is 13.9. The minimum Gasteiger partial charge on any atom is -0.366 e. The molecule has 0 unspecified atom stereocenters. The van der Waals surface area contributed by atoms with Crippen molar-refractivity contribution in [3.63, 3.8) is 0 Å². The van der Waals surface area contributed by atoms with Crippen LogP contribution in [0.15, 0.2) is 48.5 Å². The number of nitrogens with zero attached hydrogens (tertiary/aromatic N) is 7. The van der Waals surface area contributed by atoms with Crippen LogP contribution in [0.1, 0.15) is 23.3 Å². The second-order valence-electron chi connectivity index (χ2n) is 10.5. The Labute approximate surface area is 227 Å². The van der Waals surface area contributed by atoms with Crippen LogP contribution in [0, 0.1) is 5.82 Å². The molecule has 4 heterocycles. The average molecular weight is 532 g/mol. The Hall–Kier alpha value is -3.79. The molecule has 204 valence electrons. The van der Waals surface area contributed by atoms with Crippen molar-refractivity contribution in [3.05, 3.63) is 60.0 Å². The number of likely N-dealkylation sites (tertiary alicyclic amines) is 1.